The van der Waals surface area contributed by atoms with Crippen LogP contribution >= 0.6 is 0 Å². The van der Waals surface area contributed by atoms with E-state index in [1.54, 1.807) is 31.2 Å². The van der Waals surface area contributed by atoms with Gasteiger partial charge < -0.3 is 14.2 Å². The highest BCUT2D eigenvalue weighted by molar-refractivity contribution is 5.93. The van der Waals surface area contributed by atoms with Crippen molar-refractivity contribution in [2.24, 2.45) is 0 Å². The predicted molar refractivity (Wildman–Crippen MR) is 57.5 cm³/mol. The minimum atomic E-state index is -0.906. The summed E-state index contributed by atoms with van der Waals surface area (Å²) in [6.45, 7) is 2.00. The molecule has 0 aromatic heterocycles. The van der Waals surface area contributed by atoms with Crippen LogP contribution in [0.3, 0.4) is 0 Å². The van der Waals surface area contributed by atoms with Gasteiger partial charge in [-0.15, -0.1) is 0 Å². The summed E-state index contributed by atoms with van der Waals surface area (Å²) < 4.78 is 15.1. The summed E-state index contributed by atoms with van der Waals surface area (Å²) in [5.74, 6) is -0.510. The highest BCUT2D eigenvalue weighted by Gasteiger charge is 2.29. The van der Waals surface area contributed by atoms with Gasteiger partial charge in [0, 0.05) is 0 Å². The lowest BCUT2D eigenvalue weighted by molar-refractivity contribution is -0.151. The number of para-hydroxylation sites is 1. The molecular weight excluding hydrogens is 224 g/mol. The van der Waals surface area contributed by atoms with Gasteiger partial charge in [-0.05, 0) is 19.1 Å². The minimum Gasteiger partial charge on any atom is -0.466 e. The molecule has 1 atom stereocenters. The van der Waals surface area contributed by atoms with Crippen molar-refractivity contribution in [2.75, 3.05) is 6.61 Å². The average molecular weight is 236 g/mol. The van der Waals surface area contributed by atoms with Crippen molar-refractivity contribution in [1.29, 1.82) is 0 Å². The number of hydrogen-bond acceptors (Lipinski definition) is 5. The Morgan fingerprint density at radius 1 is 1.35 bits per heavy atom. The summed E-state index contributed by atoms with van der Waals surface area (Å²) in [4.78, 5) is 22.8. The third kappa shape index (κ3) is 2.55. The molecule has 0 spiro atoms. The molecule has 0 amide bonds. The van der Waals surface area contributed by atoms with Crippen molar-refractivity contribution in [2.45, 2.75) is 19.6 Å². The maximum Gasteiger partial charge on any atom is 0.345 e. The maximum absolute atomic E-state index is 11.6. The molecule has 17 heavy (non-hydrogen) atoms. The Labute approximate surface area is 98.3 Å². The van der Waals surface area contributed by atoms with E-state index in [0.717, 1.165) is 0 Å². The van der Waals surface area contributed by atoms with Crippen LogP contribution in [0.5, 0.6) is 5.75 Å². The minimum absolute atomic E-state index is 0.103. The Morgan fingerprint density at radius 2 is 2.12 bits per heavy atom. The molecule has 1 heterocycles. The molecule has 2 rings (SSSR count). The fraction of sp³-hybridized carbons (Fsp3) is 0.333. The van der Waals surface area contributed by atoms with Gasteiger partial charge in [-0.25, -0.2) is 4.79 Å². The van der Waals surface area contributed by atoms with Gasteiger partial charge in [-0.2, -0.15) is 0 Å². The van der Waals surface area contributed by atoms with E-state index in [4.69, 9.17) is 14.2 Å². The molecule has 1 aromatic rings. The van der Waals surface area contributed by atoms with Gasteiger partial charge in [0.15, 0.2) is 0 Å². The van der Waals surface area contributed by atoms with Crippen LogP contribution in [0.15, 0.2) is 24.3 Å². The van der Waals surface area contributed by atoms with Gasteiger partial charge in [0.1, 0.15) is 17.7 Å². The second-order valence-corrected chi connectivity index (χ2v) is 3.46. The van der Waals surface area contributed by atoms with Gasteiger partial charge in [-0.1, -0.05) is 12.1 Å². The Morgan fingerprint density at radius 3 is 2.88 bits per heavy atom. The summed E-state index contributed by atoms with van der Waals surface area (Å²) >= 11 is 0. The van der Waals surface area contributed by atoms with Crippen LogP contribution in [-0.2, 0) is 14.3 Å². The summed E-state index contributed by atoms with van der Waals surface area (Å²) in [7, 11) is 0. The van der Waals surface area contributed by atoms with Gasteiger partial charge in [0.2, 0.25) is 0 Å². The Balaban J connectivity index is 2.07. The van der Waals surface area contributed by atoms with Crippen LogP contribution in [0.25, 0.3) is 0 Å². The lowest BCUT2D eigenvalue weighted by atomic mass is 10.2. The third-order valence-electron chi connectivity index (χ3n) is 2.24. The number of rotatable bonds is 3. The zero-order valence-electron chi connectivity index (χ0n) is 9.34. The standard InChI is InChI=1S/C12H12O5/c1-2-15-10(13)7-11-16-9-6-4-3-5-8(9)12(14)17-11/h3-6,11H,2,7H2,1H3/t11-/m0/s1. The van der Waals surface area contributed by atoms with Gasteiger partial charge in [0.05, 0.1) is 6.61 Å². The number of cyclic esters (lactones) is 1. The molecule has 0 radical (unpaired) electrons. The molecule has 0 bridgehead atoms. The molecule has 90 valence electrons. The SMILES string of the molecule is CCOC(=O)C[C@@H]1OC(=O)c2ccccc2O1. The van der Waals surface area contributed by atoms with Gasteiger partial charge >= 0.3 is 11.9 Å². The number of fused-ring (bicyclic) bond motifs is 1. The van der Waals surface area contributed by atoms with E-state index in [2.05, 4.69) is 0 Å². The Hall–Kier alpha value is -2.04. The number of ether oxygens (including phenoxy) is 3. The lowest BCUT2D eigenvalue weighted by Gasteiger charge is -2.24. The van der Waals surface area contributed by atoms with E-state index in [9.17, 15) is 9.59 Å². The van der Waals surface area contributed by atoms with E-state index in [1.807, 2.05) is 0 Å². The predicted octanol–water partition coefficient (Wildman–Crippen LogP) is 1.52. The van der Waals surface area contributed by atoms with Crippen LogP contribution in [0, 0.1) is 0 Å². The van der Waals surface area contributed by atoms with E-state index in [-0.39, 0.29) is 13.0 Å². The highest BCUT2D eigenvalue weighted by Crippen LogP contribution is 2.26. The van der Waals surface area contributed by atoms with Crippen molar-refractivity contribution in [3.8, 4) is 5.75 Å². The number of carbonyl (C=O) groups is 2. The zero-order valence-corrected chi connectivity index (χ0v) is 9.34. The first-order valence-electron chi connectivity index (χ1n) is 5.33. The molecule has 1 aliphatic heterocycles. The van der Waals surface area contributed by atoms with Crippen molar-refractivity contribution >= 4 is 11.9 Å². The average Bonchev–Trinajstić information content (AvgIpc) is 2.29. The summed E-state index contributed by atoms with van der Waals surface area (Å²) in [6.07, 6.45) is -1.01. The van der Waals surface area contributed by atoms with E-state index < -0.39 is 18.2 Å². The summed E-state index contributed by atoms with van der Waals surface area (Å²) in [6, 6.07) is 6.74. The van der Waals surface area contributed by atoms with Crippen molar-refractivity contribution in [3.05, 3.63) is 29.8 Å². The van der Waals surface area contributed by atoms with Crippen molar-refractivity contribution in [3.63, 3.8) is 0 Å². The largest absolute Gasteiger partial charge is 0.466 e. The van der Waals surface area contributed by atoms with Crippen molar-refractivity contribution < 1.29 is 23.8 Å². The molecule has 1 aromatic carbocycles. The van der Waals surface area contributed by atoms with Crippen molar-refractivity contribution in [1.82, 2.24) is 0 Å². The quantitative estimate of drug-likeness (QED) is 0.744. The zero-order chi connectivity index (χ0) is 12.3. The molecule has 0 fully saturated rings. The van der Waals surface area contributed by atoms with Gasteiger partial charge in [0.25, 0.3) is 6.29 Å². The van der Waals surface area contributed by atoms with Crippen LogP contribution in [-0.4, -0.2) is 24.8 Å². The third-order valence-corrected chi connectivity index (χ3v) is 2.24. The Kier molecular flexibility index (Phi) is 3.27. The molecule has 0 N–H and O–H groups in total. The molecular formula is C12H12O5. The smallest absolute Gasteiger partial charge is 0.345 e. The van der Waals surface area contributed by atoms with Gasteiger partial charge in [-0.3, -0.25) is 4.79 Å². The Bertz CT molecular complexity index is 440. The maximum atomic E-state index is 11.6. The van der Waals surface area contributed by atoms with E-state index in [0.29, 0.717) is 11.3 Å². The first-order chi connectivity index (χ1) is 8.20. The van der Waals surface area contributed by atoms with Crippen LogP contribution in [0.2, 0.25) is 0 Å². The van der Waals surface area contributed by atoms with Crippen LogP contribution in [0.4, 0.5) is 0 Å². The molecule has 0 aliphatic carbocycles. The monoisotopic (exact) mass is 236 g/mol. The number of esters is 2. The molecule has 0 saturated heterocycles. The fourth-order valence-electron chi connectivity index (χ4n) is 1.53. The topological polar surface area (TPSA) is 61.8 Å². The highest BCUT2D eigenvalue weighted by atomic mass is 16.7. The normalized spacial score (nSPS) is 17.7. The molecule has 1 aliphatic rings. The van der Waals surface area contributed by atoms with Crippen LogP contribution in [0.1, 0.15) is 23.7 Å². The van der Waals surface area contributed by atoms with E-state index in [1.165, 1.54) is 0 Å². The molecule has 0 saturated carbocycles. The first kappa shape index (κ1) is 11.4. The number of carbonyl (C=O) groups excluding carboxylic acids is 2. The number of hydrogen-bond donors (Lipinski definition) is 0. The summed E-state index contributed by atoms with van der Waals surface area (Å²) in [5, 5.41) is 0. The lowest BCUT2D eigenvalue weighted by Crippen LogP contribution is -2.32. The first-order valence-corrected chi connectivity index (χ1v) is 5.33. The summed E-state index contributed by atoms with van der Waals surface area (Å²) in [5.41, 5.74) is 0.368. The second kappa shape index (κ2) is 4.86. The fourth-order valence-corrected chi connectivity index (χ4v) is 1.53. The molecule has 5 heteroatoms. The van der Waals surface area contributed by atoms with Crippen LogP contribution < -0.4 is 4.74 Å². The molecule has 0 unspecified atom stereocenters. The number of benzene rings is 1. The second-order valence-electron chi connectivity index (χ2n) is 3.46. The van der Waals surface area contributed by atoms with E-state index >= 15 is 0 Å². The molecule has 5 nitrogen and oxygen atoms in total.